The molecule has 0 saturated carbocycles. The van der Waals surface area contributed by atoms with Crippen LogP contribution < -0.4 is 0 Å². The summed E-state index contributed by atoms with van der Waals surface area (Å²) in [6, 6.07) is 6.72. The number of rotatable bonds is 5. The van der Waals surface area contributed by atoms with Gasteiger partial charge in [-0.1, -0.05) is 38.0 Å². The van der Waals surface area contributed by atoms with Crippen molar-refractivity contribution in [1.29, 1.82) is 0 Å². The Morgan fingerprint density at radius 1 is 1.32 bits per heavy atom. The molecule has 1 fully saturated rings. The first-order chi connectivity index (χ1) is 12.2. The maximum atomic E-state index is 13.8. The molecule has 2 aromatic rings. The monoisotopic (exact) mass is 360 g/mol. The summed E-state index contributed by atoms with van der Waals surface area (Å²) in [7, 11) is 0. The first kappa shape index (κ1) is 18.1. The second kappa shape index (κ2) is 8.56. The van der Waals surface area contributed by atoms with Gasteiger partial charge in [0.1, 0.15) is 11.5 Å². The molecule has 0 aliphatic carbocycles. The molecule has 3 rings (SSSR count). The molecule has 0 N–H and O–H groups in total. The zero-order chi connectivity index (χ0) is 17.6. The van der Waals surface area contributed by atoms with Crippen molar-refractivity contribution in [3.63, 3.8) is 0 Å². The third-order valence-electron chi connectivity index (χ3n) is 4.90. The minimum Gasteiger partial charge on any atom is -0.337 e. The average Bonchev–Trinajstić information content (AvgIpc) is 2.95. The van der Waals surface area contributed by atoms with Crippen LogP contribution in [0.5, 0.6) is 0 Å². The van der Waals surface area contributed by atoms with Crippen molar-refractivity contribution in [3.8, 4) is 0 Å². The third-order valence-corrected chi connectivity index (χ3v) is 5.75. The van der Waals surface area contributed by atoms with Crippen LogP contribution in [-0.4, -0.2) is 28.9 Å². The van der Waals surface area contributed by atoms with E-state index in [1.807, 2.05) is 16.3 Å². The summed E-state index contributed by atoms with van der Waals surface area (Å²) in [6.07, 6.45) is 6.28. The van der Waals surface area contributed by atoms with Crippen LogP contribution in [0, 0.1) is 11.7 Å². The Hall–Kier alpha value is -1.75. The molecule has 3 nitrogen and oxygen atoms in total. The number of hydrogen-bond acceptors (Lipinski definition) is 3. The number of aromatic nitrogens is 1. The average molecular weight is 360 g/mol. The predicted octanol–water partition coefficient (Wildman–Crippen LogP) is 4.92. The Bertz CT molecular complexity index is 715. The number of carbonyl (C=O) groups excluding carboxylic acids is 1. The standard InChI is InChI=1S/C20H25FN2OS/c1-2-6-15-7-5-11-23(12-10-15)20(24)18-14-25-19(22-18)13-16-8-3-4-9-17(16)21/h3-4,8-9,14-15H,2,5-7,10-13H2,1H3. The number of hydrogen-bond donors (Lipinski definition) is 0. The van der Waals surface area contributed by atoms with Crippen LogP contribution in [0.15, 0.2) is 29.6 Å². The van der Waals surface area contributed by atoms with Gasteiger partial charge in [0.05, 0.1) is 5.01 Å². The number of thiazole rings is 1. The Labute approximate surface area is 152 Å². The van der Waals surface area contributed by atoms with E-state index in [4.69, 9.17) is 0 Å². The van der Waals surface area contributed by atoms with E-state index in [1.54, 1.807) is 12.1 Å². The molecule has 1 aromatic carbocycles. The normalized spacial score (nSPS) is 18.2. The van der Waals surface area contributed by atoms with Gasteiger partial charge in [0.2, 0.25) is 0 Å². The topological polar surface area (TPSA) is 33.2 Å². The van der Waals surface area contributed by atoms with E-state index in [2.05, 4.69) is 11.9 Å². The highest BCUT2D eigenvalue weighted by Crippen LogP contribution is 2.24. The van der Waals surface area contributed by atoms with Gasteiger partial charge in [-0.3, -0.25) is 4.79 Å². The van der Waals surface area contributed by atoms with Crippen LogP contribution in [0.25, 0.3) is 0 Å². The molecule has 0 bridgehead atoms. The van der Waals surface area contributed by atoms with E-state index in [0.717, 1.165) is 36.9 Å². The van der Waals surface area contributed by atoms with Crippen LogP contribution in [0.3, 0.4) is 0 Å². The second-order valence-corrected chi connectivity index (χ2v) is 7.72. The van der Waals surface area contributed by atoms with E-state index >= 15 is 0 Å². The van der Waals surface area contributed by atoms with Gasteiger partial charge in [-0.05, 0) is 36.8 Å². The summed E-state index contributed by atoms with van der Waals surface area (Å²) in [5, 5.41) is 2.60. The van der Waals surface area contributed by atoms with Crippen molar-refractivity contribution in [2.75, 3.05) is 13.1 Å². The fraction of sp³-hybridized carbons (Fsp3) is 0.500. The van der Waals surface area contributed by atoms with Gasteiger partial charge >= 0.3 is 0 Å². The smallest absolute Gasteiger partial charge is 0.273 e. The predicted molar refractivity (Wildman–Crippen MR) is 99.5 cm³/mol. The van der Waals surface area contributed by atoms with Gasteiger partial charge in [0.15, 0.2) is 0 Å². The van der Waals surface area contributed by atoms with Crippen molar-refractivity contribution >= 4 is 17.2 Å². The van der Waals surface area contributed by atoms with Gasteiger partial charge in [-0.25, -0.2) is 9.37 Å². The second-order valence-electron chi connectivity index (χ2n) is 6.77. The lowest BCUT2D eigenvalue weighted by atomic mass is 9.96. The van der Waals surface area contributed by atoms with Gasteiger partial charge in [0.25, 0.3) is 5.91 Å². The molecule has 1 atom stereocenters. The summed E-state index contributed by atoms with van der Waals surface area (Å²) in [5.41, 5.74) is 1.12. The summed E-state index contributed by atoms with van der Waals surface area (Å²) in [6.45, 7) is 3.86. The zero-order valence-electron chi connectivity index (χ0n) is 14.7. The highest BCUT2D eigenvalue weighted by molar-refractivity contribution is 7.09. The molecular formula is C20H25FN2OS. The first-order valence-corrected chi connectivity index (χ1v) is 10.0. The third kappa shape index (κ3) is 4.66. The fourth-order valence-electron chi connectivity index (χ4n) is 3.52. The lowest BCUT2D eigenvalue weighted by molar-refractivity contribution is 0.0754. The maximum Gasteiger partial charge on any atom is 0.273 e. The highest BCUT2D eigenvalue weighted by Gasteiger charge is 2.23. The molecule has 1 unspecified atom stereocenters. The minimum atomic E-state index is -0.222. The molecule has 134 valence electrons. The number of likely N-dealkylation sites (tertiary alicyclic amines) is 1. The molecule has 0 radical (unpaired) electrons. The van der Waals surface area contributed by atoms with Crippen molar-refractivity contribution < 1.29 is 9.18 Å². The van der Waals surface area contributed by atoms with E-state index in [0.29, 0.717) is 17.7 Å². The number of halogens is 1. The number of amides is 1. The Morgan fingerprint density at radius 3 is 2.96 bits per heavy atom. The van der Waals surface area contributed by atoms with E-state index < -0.39 is 0 Å². The van der Waals surface area contributed by atoms with Crippen LogP contribution >= 0.6 is 11.3 Å². The number of carbonyl (C=O) groups is 1. The molecule has 1 saturated heterocycles. The Kier molecular flexibility index (Phi) is 6.19. The number of benzene rings is 1. The van der Waals surface area contributed by atoms with Crippen LogP contribution in [-0.2, 0) is 6.42 Å². The molecule has 25 heavy (non-hydrogen) atoms. The largest absolute Gasteiger partial charge is 0.337 e. The molecule has 1 aromatic heterocycles. The Morgan fingerprint density at radius 2 is 2.16 bits per heavy atom. The summed E-state index contributed by atoms with van der Waals surface area (Å²) >= 11 is 1.43. The van der Waals surface area contributed by atoms with Crippen molar-refractivity contribution in [3.05, 3.63) is 51.7 Å². The summed E-state index contributed by atoms with van der Waals surface area (Å²) < 4.78 is 13.8. The van der Waals surface area contributed by atoms with Crippen LogP contribution in [0.2, 0.25) is 0 Å². The molecule has 1 aliphatic rings. The molecule has 1 amide bonds. The molecular weight excluding hydrogens is 335 g/mol. The maximum absolute atomic E-state index is 13.8. The van der Waals surface area contributed by atoms with Crippen molar-refractivity contribution in [1.82, 2.24) is 9.88 Å². The van der Waals surface area contributed by atoms with E-state index in [9.17, 15) is 9.18 Å². The minimum absolute atomic E-state index is 0.0215. The molecule has 2 heterocycles. The zero-order valence-corrected chi connectivity index (χ0v) is 15.5. The van der Waals surface area contributed by atoms with Crippen LogP contribution in [0.4, 0.5) is 4.39 Å². The van der Waals surface area contributed by atoms with E-state index in [-0.39, 0.29) is 11.7 Å². The van der Waals surface area contributed by atoms with Crippen molar-refractivity contribution in [2.45, 2.75) is 45.4 Å². The summed E-state index contributed by atoms with van der Waals surface area (Å²) in [4.78, 5) is 19.2. The van der Waals surface area contributed by atoms with Crippen molar-refractivity contribution in [2.24, 2.45) is 5.92 Å². The molecule has 0 spiro atoms. The van der Waals surface area contributed by atoms with Crippen LogP contribution in [0.1, 0.15) is 60.1 Å². The van der Waals surface area contributed by atoms with E-state index in [1.165, 1.54) is 36.7 Å². The molecule has 1 aliphatic heterocycles. The van der Waals surface area contributed by atoms with Gasteiger partial charge < -0.3 is 4.90 Å². The van der Waals surface area contributed by atoms with Gasteiger partial charge in [0, 0.05) is 24.9 Å². The Balaban J connectivity index is 1.63. The van der Waals surface area contributed by atoms with Gasteiger partial charge in [-0.15, -0.1) is 11.3 Å². The lowest BCUT2D eigenvalue weighted by Crippen LogP contribution is -2.32. The number of nitrogens with zero attached hydrogens (tertiary/aromatic N) is 2. The highest BCUT2D eigenvalue weighted by atomic mass is 32.1. The molecule has 5 heteroatoms. The quantitative estimate of drug-likeness (QED) is 0.758. The summed E-state index contributed by atoms with van der Waals surface area (Å²) in [5.74, 6) is 0.545. The first-order valence-electron chi connectivity index (χ1n) is 9.14. The fourth-order valence-corrected chi connectivity index (χ4v) is 4.31. The lowest BCUT2D eigenvalue weighted by Gasteiger charge is -2.19. The van der Waals surface area contributed by atoms with Gasteiger partial charge in [-0.2, -0.15) is 0 Å². The SMILES string of the molecule is CCCC1CCCN(C(=O)c2csc(Cc3ccccc3F)n2)CC1.